The molecule has 0 aliphatic rings. The Morgan fingerprint density at radius 3 is 2.79 bits per heavy atom. The third-order valence-electron chi connectivity index (χ3n) is 2.91. The minimum Gasteiger partial charge on any atom is -0.409 e. The second-order valence-electron chi connectivity index (χ2n) is 4.87. The molecule has 1 unspecified atom stereocenters. The first-order valence-corrected chi connectivity index (χ1v) is 6.24. The van der Waals surface area contributed by atoms with E-state index in [1.54, 1.807) is 0 Å². The summed E-state index contributed by atoms with van der Waals surface area (Å²) in [5.74, 6) is 0.0477. The summed E-state index contributed by atoms with van der Waals surface area (Å²) in [6, 6.07) is 5.90. The molecule has 1 rings (SSSR count). The van der Waals surface area contributed by atoms with Crippen molar-refractivity contribution in [1.29, 1.82) is 0 Å². The average Bonchev–Trinajstić information content (AvgIpc) is 2.33. The van der Waals surface area contributed by atoms with Gasteiger partial charge in [0.15, 0.2) is 0 Å². The maximum atomic E-state index is 11.9. The summed E-state index contributed by atoms with van der Waals surface area (Å²) in [4.78, 5) is 11.9. The summed E-state index contributed by atoms with van der Waals surface area (Å²) in [5.41, 5.74) is 8.66. The van der Waals surface area contributed by atoms with Gasteiger partial charge in [0, 0.05) is 12.5 Å². The SMILES string of the molecule is Cc1ccc(C)c(CC(=O)NC(C)C/C(N)=N/O)c1. The molecule has 19 heavy (non-hydrogen) atoms. The van der Waals surface area contributed by atoms with Crippen LogP contribution in [0.15, 0.2) is 23.4 Å². The quantitative estimate of drug-likeness (QED) is 0.325. The predicted molar refractivity (Wildman–Crippen MR) is 75.3 cm³/mol. The van der Waals surface area contributed by atoms with E-state index in [1.165, 1.54) is 0 Å². The highest BCUT2D eigenvalue weighted by molar-refractivity contribution is 5.82. The molecule has 0 radical (unpaired) electrons. The number of carbonyl (C=O) groups is 1. The van der Waals surface area contributed by atoms with Crippen LogP contribution in [0.2, 0.25) is 0 Å². The Kier molecular flexibility index (Phi) is 5.36. The monoisotopic (exact) mass is 263 g/mol. The lowest BCUT2D eigenvalue weighted by atomic mass is 10.0. The van der Waals surface area contributed by atoms with E-state index in [-0.39, 0.29) is 17.8 Å². The number of hydrogen-bond donors (Lipinski definition) is 3. The molecule has 0 heterocycles. The fourth-order valence-electron chi connectivity index (χ4n) is 1.90. The molecule has 0 aliphatic heterocycles. The average molecular weight is 263 g/mol. The number of hydrogen-bond acceptors (Lipinski definition) is 3. The fraction of sp³-hybridized carbons (Fsp3) is 0.429. The number of amidine groups is 1. The number of rotatable bonds is 5. The Balaban J connectivity index is 2.58. The lowest BCUT2D eigenvalue weighted by Crippen LogP contribution is -2.36. The maximum absolute atomic E-state index is 11.9. The van der Waals surface area contributed by atoms with E-state index in [9.17, 15) is 4.79 Å². The highest BCUT2D eigenvalue weighted by Gasteiger charge is 2.11. The number of aryl methyl sites for hydroxylation is 2. The number of nitrogens with zero attached hydrogens (tertiary/aromatic N) is 1. The zero-order valence-electron chi connectivity index (χ0n) is 11.6. The van der Waals surface area contributed by atoms with Crippen molar-refractivity contribution in [2.45, 2.75) is 39.7 Å². The first-order valence-electron chi connectivity index (χ1n) is 6.24. The number of amides is 1. The first-order chi connectivity index (χ1) is 8.92. The van der Waals surface area contributed by atoms with Crippen molar-refractivity contribution in [3.05, 3.63) is 34.9 Å². The number of nitrogens with two attached hydrogens (primary N) is 1. The third-order valence-corrected chi connectivity index (χ3v) is 2.91. The summed E-state index contributed by atoms with van der Waals surface area (Å²) in [6.45, 7) is 5.81. The van der Waals surface area contributed by atoms with Gasteiger partial charge in [-0.1, -0.05) is 28.9 Å². The van der Waals surface area contributed by atoms with Gasteiger partial charge in [-0.15, -0.1) is 0 Å². The lowest BCUT2D eigenvalue weighted by molar-refractivity contribution is -0.121. The van der Waals surface area contributed by atoms with Crippen LogP contribution in [0.4, 0.5) is 0 Å². The zero-order valence-corrected chi connectivity index (χ0v) is 11.6. The van der Waals surface area contributed by atoms with Gasteiger partial charge >= 0.3 is 0 Å². The normalized spacial score (nSPS) is 13.1. The van der Waals surface area contributed by atoms with E-state index in [0.717, 1.165) is 16.7 Å². The van der Waals surface area contributed by atoms with Crippen LogP contribution in [0.3, 0.4) is 0 Å². The Bertz CT molecular complexity index is 484. The molecule has 5 heteroatoms. The smallest absolute Gasteiger partial charge is 0.224 e. The molecule has 4 N–H and O–H groups in total. The number of benzene rings is 1. The largest absolute Gasteiger partial charge is 0.409 e. The summed E-state index contributed by atoms with van der Waals surface area (Å²) in [6.07, 6.45) is 0.670. The van der Waals surface area contributed by atoms with Gasteiger partial charge < -0.3 is 16.3 Å². The Hall–Kier alpha value is -2.04. The van der Waals surface area contributed by atoms with Crippen LogP contribution in [-0.2, 0) is 11.2 Å². The molecule has 0 spiro atoms. The molecule has 1 aromatic rings. The molecule has 104 valence electrons. The van der Waals surface area contributed by atoms with Crippen molar-refractivity contribution < 1.29 is 10.0 Å². The van der Waals surface area contributed by atoms with Crippen molar-refractivity contribution in [2.24, 2.45) is 10.9 Å². The van der Waals surface area contributed by atoms with Crippen LogP contribution >= 0.6 is 0 Å². The maximum Gasteiger partial charge on any atom is 0.224 e. The summed E-state index contributed by atoms with van der Waals surface area (Å²) < 4.78 is 0. The van der Waals surface area contributed by atoms with E-state index >= 15 is 0 Å². The second kappa shape index (κ2) is 6.78. The molecule has 1 atom stereocenters. The van der Waals surface area contributed by atoms with Gasteiger partial charge in [-0.2, -0.15) is 0 Å². The number of oxime groups is 1. The molecule has 5 nitrogen and oxygen atoms in total. The first kappa shape index (κ1) is 15.0. The van der Waals surface area contributed by atoms with Crippen molar-refractivity contribution >= 4 is 11.7 Å². The van der Waals surface area contributed by atoms with Gasteiger partial charge in [0.05, 0.1) is 6.42 Å². The van der Waals surface area contributed by atoms with Crippen molar-refractivity contribution in [2.75, 3.05) is 0 Å². The highest BCUT2D eigenvalue weighted by Crippen LogP contribution is 2.11. The van der Waals surface area contributed by atoms with Crippen molar-refractivity contribution in [1.82, 2.24) is 5.32 Å². The molecular formula is C14H21N3O2. The Labute approximate surface area is 113 Å². The molecule has 1 aromatic carbocycles. The molecular weight excluding hydrogens is 242 g/mol. The molecule has 1 amide bonds. The van der Waals surface area contributed by atoms with E-state index in [4.69, 9.17) is 10.9 Å². The predicted octanol–water partition coefficient (Wildman–Crippen LogP) is 1.49. The molecule has 0 saturated heterocycles. The van der Waals surface area contributed by atoms with Gasteiger partial charge in [0.2, 0.25) is 5.91 Å². The summed E-state index contributed by atoms with van der Waals surface area (Å²) in [7, 11) is 0. The van der Waals surface area contributed by atoms with E-state index in [2.05, 4.69) is 10.5 Å². The third kappa shape index (κ3) is 4.99. The van der Waals surface area contributed by atoms with Crippen molar-refractivity contribution in [3.8, 4) is 0 Å². The zero-order chi connectivity index (χ0) is 14.4. The molecule has 0 aliphatic carbocycles. The van der Waals surface area contributed by atoms with Gasteiger partial charge in [-0.05, 0) is 31.9 Å². The van der Waals surface area contributed by atoms with Gasteiger partial charge in [-0.3, -0.25) is 4.79 Å². The minimum absolute atomic E-state index is 0.0630. The molecule has 0 aromatic heterocycles. The van der Waals surface area contributed by atoms with E-state index in [1.807, 2.05) is 39.0 Å². The fourth-order valence-corrected chi connectivity index (χ4v) is 1.90. The van der Waals surface area contributed by atoms with Crippen LogP contribution in [0, 0.1) is 13.8 Å². The number of carbonyl (C=O) groups excluding carboxylic acids is 1. The summed E-state index contributed by atoms with van der Waals surface area (Å²) >= 11 is 0. The standard InChI is InChI=1S/C14H21N3O2/c1-9-4-5-10(2)12(6-9)8-14(18)16-11(3)7-13(15)17-19/h4-6,11,19H,7-8H2,1-3H3,(H2,15,17)(H,16,18). The lowest BCUT2D eigenvalue weighted by Gasteiger charge is -2.14. The van der Waals surface area contributed by atoms with Gasteiger partial charge in [-0.25, -0.2) is 0 Å². The van der Waals surface area contributed by atoms with Crippen LogP contribution in [0.25, 0.3) is 0 Å². The molecule has 0 saturated carbocycles. The van der Waals surface area contributed by atoms with E-state index in [0.29, 0.717) is 12.8 Å². The molecule has 0 fully saturated rings. The number of nitrogens with one attached hydrogen (secondary N) is 1. The second-order valence-corrected chi connectivity index (χ2v) is 4.87. The van der Waals surface area contributed by atoms with Crippen LogP contribution in [0.1, 0.15) is 30.0 Å². The van der Waals surface area contributed by atoms with Crippen molar-refractivity contribution in [3.63, 3.8) is 0 Å². The summed E-state index contributed by atoms with van der Waals surface area (Å²) in [5, 5.41) is 14.2. The van der Waals surface area contributed by atoms with Crippen LogP contribution in [-0.4, -0.2) is 23.0 Å². The van der Waals surface area contributed by atoms with E-state index < -0.39 is 0 Å². The van der Waals surface area contributed by atoms with Crippen LogP contribution in [0.5, 0.6) is 0 Å². The topological polar surface area (TPSA) is 87.7 Å². The minimum atomic E-state index is -0.159. The van der Waals surface area contributed by atoms with Gasteiger partial charge in [0.1, 0.15) is 5.84 Å². The Morgan fingerprint density at radius 2 is 2.16 bits per heavy atom. The van der Waals surface area contributed by atoms with Gasteiger partial charge in [0.25, 0.3) is 0 Å². The Morgan fingerprint density at radius 1 is 1.47 bits per heavy atom. The highest BCUT2D eigenvalue weighted by atomic mass is 16.4. The van der Waals surface area contributed by atoms with Crippen LogP contribution < -0.4 is 11.1 Å². The molecule has 0 bridgehead atoms.